The molecule has 4 nitrogen and oxygen atoms in total. The maximum Gasteiger partial charge on any atom is 0.248 e. The first-order valence-corrected chi connectivity index (χ1v) is 2.72. The standard InChI is InChI=1S/C6H6N2O2.Mn/c9-7-8(10)6-4-2-1-3-5-6;/h1-5,9H;. The van der Waals surface area contributed by atoms with Gasteiger partial charge in [-0.1, -0.05) is 18.2 Å². The molecule has 0 unspecified atom stereocenters. The smallest absolute Gasteiger partial charge is 0.248 e. The molecule has 0 spiro atoms. The van der Waals surface area contributed by atoms with Gasteiger partial charge in [0.2, 0.25) is 11.0 Å². The van der Waals surface area contributed by atoms with Crippen molar-refractivity contribution in [3.63, 3.8) is 0 Å². The van der Waals surface area contributed by atoms with E-state index in [0.29, 0.717) is 5.69 Å². The third-order valence-corrected chi connectivity index (χ3v) is 1.06. The summed E-state index contributed by atoms with van der Waals surface area (Å²) in [6.07, 6.45) is 0. The average Bonchev–Trinajstić information content (AvgIpc) is 2.05. The van der Waals surface area contributed by atoms with Crippen molar-refractivity contribution in [1.29, 1.82) is 0 Å². The minimum Gasteiger partial charge on any atom is -0.592 e. The van der Waals surface area contributed by atoms with Gasteiger partial charge in [-0.05, 0) is 4.86 Å². The van der Waals surface area contributed by atoms with Crippen molar-refractivity contribution in [3.05, 3.63) is 35.5 Å². The van der Waals surface area contributed by atoms with E-state index in [1.54, 1.807) is 30.3 Å². The molecule has 1 aromatic rings. The van der Waals surface area contributed by atoms with Crippen LogP contribution in [0.4, 0.5) is 5.69 Å². The Labute approximate surface area is 74.2 Å². The third-order valence-electron chi connectivity index (χ3n) is 1.06. The SMILES string of the molecule is [Mn].[O-][N+](=NO)c1ccccc1. The molecule has 1 N–H and O–H groups in total. The number of para-hydroxylation sites is 1. The van der Waals surface area contributed by atoms with E-state index in [0.717, 1.165) is 0 Å². The number of nitrogens with zero attached hydrogens (tertiary/aromatic N) is 2. The summed E-state index contributed by atoms with van der Waals surface area (Å²) >= 11 is 0. The summed E-state index contributed by atoms with van der Waals surface area (Å²) < 4.78 is 0. The molecule has 0 saturated heterocycles. The van der Waals surface area contributed by atoms with Gasteiger partial charge in [0, 0.05) is 29.2 Å². The summed E-state index contributed by atoms with van der Waals surface area (Å²) in [6.45, 7) is 0. The second-order valence-corrected chi connectivity index (χ2v) is 1.70. The molecule has 0 aliphatic rings. The van der Waals surface area contributed by atoms with Gasteiger partial charge in [0.05, 0.1) is 0 Å². The number of benzene rings is 1. The third kappa shape index (κ3) is 2.57. The van der Waals surface area contributed by atoms with Gasteiger partial charge in [0.15, 0.2) is 0 Å². The summed E-state index contributed by atoms with van der Waals surface area (Å²) in [5.74, 6) is 0. The molecule has 0 bridgehead atoms. The molecular formula is C6H6MnN2O2. The minimum absolute atomic E-state index is 0. The summed E-state index contributed by atoms with van der Waals surface area (Å²) in [5.41, 5.74) is 0.310. The topological polar surface area (TPSA) is 58.7 Å². The minimum atomic E-state index is 0. The number of rotatable bonds is 1. The monoisotopic (exact) mass is 193 g/mol. The van der Waals surface area contributed by atoms with E-state index in [1.807, 2.05) is 0 Å². The van der Waals surface area contributed by atoms with Gasteiger partial charge in [-0.15, -0.1) is 0 Å². The molecule has 11 heavy (non-hydrogen) atoms. The van der Waals surface area contributed by atoms with Gasteiger partial charge in [0.25, 0.3) is 0 Å². The van der Waals surface area contributed by atoms with Crippen LogP contribution in [0.2, 0.25) is 0 Å². The first kappa shape index (κ1) is 9.94. The molecule has 0 fully saturated rings. The Morgan fingerprint density at radius 1 is 1.27 bits per heavy atom. The first-order chi connectivity index (χ1) is 4.84. The Kier molecular flexibility index (Phi) is 4.25. The molecule has 0 saturated carbocycles. The van der Waals surface area contributed by atoms with Crippen molar-refractivity contribution in [1.82, 2.24) is 0 Å². The van der Waals surface area contributed by atoms with Crippen LogP contribution in [0.25, 0.3) is 0 Å². The summed E-state index contributed by atoms with van der Waals surface area (Å²) in [5, 5.41) is 21.0. The largest absolute Gasteiger partial charge is 0.592 e. The molecule has 0 aromatic heterocycles. The fourth-order valence-electron chi connectivity index (χ4n) is 0.607. The molecule has 0 amide bonds. The van der Waals surface area contributed by atoms with Crippen molar-refractivity contribution in [3.8, 4) is 0 Å². The second kappa shape index (κ2) is 4.71. The van der Waals surface area contributed by atoms with Gasteiger partial charge < -0.3 is 10.4 Å². The zero-order chi connectivity index (χ0) is 7.40. The zero-order valence-corrected chi connectivity index (χ0v) is 6.70. The quantitative estimate of drug-likeness (QED) is 0.319. The van der Waals surface area contributed by atoms with Crippen LogP contribution >= 0.6 is 0 Å². The van der Waals surface area contributed by atoms with E-state index in [9.17, 15) is 5.21 Å². The van der Waals surface area contributed by atoms with E-state index in [4.69, 9.17) is 5.21 Å². The predicted molar refractivity (Wildman–Crippen MR) is 33.9 cm³/mol. The second-order valence-electron chi connectivity index (χ2n) is 1.70. The van der Waals surface area contributed by atoms with E-state index in [1.165, 1.54) is 0 Å². The Balaban J connectivity index is 0.000001000. The fraction of sp³-hybridized carbons (Fsp3) is 0. The number of hydrogen-bond donors (Lipinski definition) is 1. The number of hydrogen-bond acceptors (Lipinski definition) is 2. The molecule has 1 radical (unpaired) electrons. The van der Waals surface area contributed by atoms with Gasteiger partial charge in [-0.3, -0.25) is 0 Å². The molecule has 5 heteroatoms. The molecule has 0 atom stereocenters. The predicted octanol–water partition coefficient (Wildman–Crippen LogP) is 1.67. The van der Waals surface area contributed by atoms with Crippen LogP contribution in [0.1, 0.15) is 0 Å². The Bertz CT molecular complexity index is 238. The molecule has 59 valence electrons. The average molecular weight is 193 g/mol. The van der Waals surface area contributed by atoms with E-state index in [-0.39, 0.29) is 21.9 Å². The van der Waals surface area contributed by atoms with Crippen LogP contribution in [0.5, 0.6) is 0 Å². The Hall–Kier alpha value is -1.06. The van der Waals surface area contributed by atoms with Gasteiger partial charge in [-0.2, -0.15) is 0 Å². The molecule has 1 aromatic carbocycles. The maximum atomic E-state index is 10.5. The normalized spacial score (nSPS) is 10.4. The fourth-order valence-corrected chi connectivity index (χ4v) is 0.607. The van der Waals surface area contributed by atoms with Crippen molar-refractivity contribution < 1.29 is 27.1 Å². The van der Waals surface area contributed by atoms with Gasteiger partial charge >= 0.3 is 0 Å². The van der Waals surface area contributed by atoms with Crippen molar-refractivity contribution >= 4 is 5.69 Å². The summed E-state index contributed by atoms with van der Waals surface area (Å²) in [6, 6.07) is 8.24. The van der Waals surface area contributed by atoms with Crippen LogP contribution in [0, 0.1) is 5.21 Å². The van der Waals surface area contributed by atoms with E-state index < -0.39 is 0 Å². The van der Waals surface area contributed by atoms with Gasteiger partial charge in [-0.25, -0.2) is 0 Å². The van der Waals surface area contributed by atoms with Crippen LogP contribution < -0.4 is 0 Å². The molecular weight excluding hydrogens is 187 g/mol. The van der Waals surface area contributed by atoms with E-state index in [2.05, 4.69) is 5.28 Å². The van der Waals surface area contributed by atoms with Crippen LogP contribution in [0.15, 0.2) is 35.6 Å². The Morgan fingerprint density at radius 2 is 1.82 bits per heavy atom. The van der Waals surface area contributed by atoms with E-state index >= 15 is 0 Å². The maximum absolute atomic E-state index is 10.5. The van der Waals surface area contributed by atoms with Crippen molar-refractivity contribution in [2.24, 2.45) is 5.28 Å². The van der Waals surface area contributed by atoms with Crippen LogP contribution in [-0.2, 0) is 17.1 Å². The molecule has 1 rings (SSSR count). The van der Waals surface area contributed by atoms with Crippen molar-refractivity contribution in [2.75, 3.05) is 0 Å². The first-order valence-electron chi connectivity index (χ1n) is 2.72. The van der Waals surface area contributed by atoms with Crippen molar-refractivity contribution in [2.45, 2.75) is 0 Å². The zero-order valence-electron chi connectivity index (χ0n) is 5.51. The van der Waals surface area contributed by atoms with Crippen LogP contribution in [0.3, 0.4) is 0 Å². The van der Waals surface area contributed by atoms with Gasteiger partial charge in [0.1, 0.15) is 0 Å². The molecule has 0 aliphatic carbocycles. The van der Waals surface area contributed by atoms with Crippen LogP contribution in [-0.4, -0.2) is 10.1 Å². The molecule has 0 heterocycles. The Morgan fingerprint density at radius 3 is 2.27 bits per heavy atom. The molecule has 0 aliphatic heterocycles. The summed E-state index contributed by atoms with van der Waals surface area (Å²) in [7, 11) is 0. The summed E-state index contributed by atoms with van der Waals surface area (Å²) in [4.78, 5) is 0.139.